The zero-order valence-corrected chi connectivity index (χ0v) is 16.3. The number of nitrogens with one attached hydrogen (secondary N) is 1. The van der Waals surface area contributed by atoms with Gasteiger partial charge in [-0.05, 0) is 42.8 Å². The average molecular weight is 412 g/mol. The minimum Gasteiger partial charge on any atom is -0.465 e. The molecular formula is C18H18ClNO6S. The van der Waals surface area contributed by atoms with Crippen molar-refractivity contribution in [2.24, 2.45) is 0 Å². The van der Waals surface area contributed by atoms with E-state index < -0.39 is 22.0 Å². The number of halogens is 1. The van der Waals surface area contributed by atoms with Crippen LogP contribution in [0.15, 0.2) is 42.5 Å². The molecule has 0 aliphatic heterocycles. The number of carbonyl (C=O) groups excluding carboxylic acids is 2. The molecule has 0 aliphatic carbocycles. The van der Waals surface area contributed by atoms with Crippen molar-refractivity contribution in [3.8, 4) is 0 Å². The second-order valence-corrected chi connectivity index (χ2v) is 7.59. The van der Waals surface area contributed by atoms with Crippen LogP contribution in [0.3, 0.4) is 0 Å². The van der Waals surface area contributed by atoms with E-state index in [1.165, 1.54) is 49.6 Å². The Balaban J connectivity index is 2.15. The summed E-state index contributed by atoms with van der Waals surface area (Å²) in [5.41, 5.74) is 1.06. The van der Waals surface area contributed by atoms with Gasteiger partial charge < -0.3 is 9.47 Å². The predicted molar refractivity (Wildman–Crippen MR) is 101 cm³/mol. The number of carbonyl (C=O) groups is 2. The van der Waals surface area contributed by atoms with Gasteiger partial charge in [0.25, 0.3) is 0 Å². The van der Waals surface area contributed by atoms with E-state index in [1.807, 2.05) is 0 Å². The third kappa shape index (κ3) is 5.70. The van der Waals surface area contributed by atoms with Gasteiger partial charge in [-0.3, -0.25) is 4.72 Å². The van der Waals surface area contributed by atoms with Gasteiger partial charge in [-0.25, -0.2) is 18.0 Å². The second-order valence-electron chi connectivity index (χ2n) is 5.46. The normalized spacial score (nSPS) is 10.9. The van der Waals surface area contributed by atoms with Gasteiger partial charge in [-0.15, -0.1) is 0 Å². The molecule has 144 valence electrons. The number of hydrogen-bond donors (Lipinski definition) is 1. The summed E-state index contributed by atoms with van der Waals surface area (Å²) < 4.78 is 36.6. The van der Waals surface area contributed by atoms with Gasteiger partial charge in [0.2, 0.25) is 10.0 Å². The highest BCUT2D eigenvalue weighted by Crippen LogP contribution is 2.23. The molecule has 0 saturated heterocycles. The summed E-state index contributed by atoms with van der Waals surface area (Å²) in [6.07, 6.45) is 0. The van der Waals surface area contributed by atoms with Crippen molar-refractivity contribution in [3.63, 3.8) is 0 Å². The number of rotatable bonds is 7. The molecule has 0 unspecified atom stereocenters. The number of esters is 2. The van der Waals surface area contributed by atoms with E-state index in [1.54, 1.807) is 6.92 Å². The first-order valence-corrected chi connectivity index (χ1v) is 9.93. The van der Waals surface area contributed by atoms with Gasteiger partial charge >= 0.3 is 11.9 Å². The van der Waals surface area contributed by atoms with Gasteiger partial charge in [-0.2, -0.15) is 0 Å². The van der Waals surface area contributed by atoms with Gasteiger partial charge in [0.05, 0.1) is 35.6 Å². The minimum absolute atomic E-state index is 0.0705. The van der Waals surface area contributed by atoms with Gasteiger partial charge in [0.15, 0.2) is 0 Å². The van der Waals surface area contributed by atoms with E-state index in [-0.39, 0.29) is 28.6 Å². The Morgan fingerprint density at radius 1 is 1.07 bits per heavy atom. The quantitative estimate of drug-likeness (QED) is 0.702. The first kappa shape index (κ1) is 20.7. The fraction of sp³-hybridized carbons (Fsp3) is 0.222. The lowest BCUT2D eigenvalue weighted by molar-refractivity contribution is 0.0525. The average Bonchev–Trinajstić information content (AvgIpc) is 2.63. The minimum atomic E-state index is -3.76. The van der Waals surface area contributed by atoms with Crippen molar-refractivity contribution < 1.29 is 27.5 Å². The number of sulfonamides is 1. The number of anilines is 1. The zero-order valence-electron chi connectivity index (χ0n) is 14.7. The lowest BCUT2D eigenvalue weighted by atomic mass is 10.1. The summed E-state index contributed by atoms with van der Waals surface area (Å²) in [5.74, 6) is -1.46. The molecule has 7 nitrogen and oxygen atoms in total. The fourth-order valence-electron chi connectivity index (χ4n) is 2.24. The number of hydrogen-bond acceptors (Lipinski definition) is 6. The highest BCUT2D eigenvalue weighted by Gasteiger charge is 2.16. The largest absolute Gasteiger partial charge is 0.465 e. The van der Waals surface area contributed by atoms with E-state index in [4.69, 9.17) is 16.3 Å². The smallest absolute Gasteiger partial charge is 0.339 e. The highest BCUT2D eigenvalue weighted by molar-refractivity contribution is 7.91. The summed E-state index contributed by atoms with van der Waals surface area (Å²) in [7, 11) is -2.49. The Labute approximate surface area is 162 Å². The van der Waals surface area contributed by atoms with Crippen LogP contribution in [-0.4, -0.2) is 34.1 Å². The summed E-state index contributed by atoms with van der Waals surface area (Å²) >= 11 is 5.96. The van der Waals surface area contributed by atoms with Crippen LogP contribution in [0.1, 0.15) is 33.2 Å². The first-order chi connectivity index (χ1) is 12.8. The van der Waals surface area contributed by atoms with Crippen LogP contribution in [0.25, 0.3) is 0 Å². The number of ether oxygens (including phenoxy) is 2. The molecule has 0 bridgehead atoms. The third-order valence-electron chi connectivity index (χ3n) is 3.47. The molecule has 0 fully saturated rings. The van der Waals surface area contributed by atoms with Crippen LogP contribution in [-0.2, 0) is 25.2 Å². The molecule has 0 radical (unpaired) electrons. The molecule has 0 saturated carbocycles. The van der Waals surface area contributed by atoms with Gasteiger partial charge in [0, 0.05) is 5.69 Å². The maximum absolute atomic E-state index is 12.4. The Morgan fingerprint density at radius 2 is 1.74 bits per heavy atom. The first-order valence-electron chi connectivity index (χ1n) is 7.90. The molecule has 0 spiro atoms. The Bertz CT molecular complexity index is 941. The molecule has 27 heavy (non-hydrogen) atoms. The van der Waals surface area contributed by atoms with Crippen molar-refractivity contribution in [2.45, 2.75) is 12.7 Å². The van der Waals surface area contributed by atoms with Crippen molar-refractivity contribution in [1.29, 1.82) is 0 Å². The standard InChI is InChI=1S/C18H18ClNO6S/c1-3-26-18(22)15-10-14(8-9-16(15)19)20-27(23,24)11-12-4-6-13(7-5-12)17(21)25-2/h4-10,20H,3,11H2,1-2H3. The van der Waals surface area contributed by atoms with E-state index in [0.29, 0.717) is 11.1 Å². The number of benzene rings is 2. The lowest BCUT2D eigenvalue weighted by Gasteiger charge is -2.11. The summed E-state index contributed by atoms with van der Waals surface area (Å²) in [6.45, 7) is 1.83. The van der Waals surface area contributed by atoms with E-state index in [2.05, 4.69) is 9.46 Å². The summed E-state index contributed by atoms with van der Waals surface area (Å²) in [4.78, 5) is 23.3. The predicted octanol–water partition coefficient (Wildman–Crippen LogP) is 3.25. The Morgan fingerprint density at radius 3 is 2.33 bits per heavy atom. The van der Waals surface area contributed by atoms with Crippen LogP contribution in [0.4, 0.5) is 5.69 Å². The van der Waals surface area contributed by atoms with E-state index >= 15 is 0 Å². The SMILES string of the molecule is CCOC(=O)c1cc(NS(=O)(=O)Cc2ccc(C(=O)OC)cc2)ccc1Cl. The Kier molecular flexibility index (Phi) is 6.81. The molecule has 0 aromatic heterocycles. The Hall–Kier alpha value is -2.58. The molecule has 1 N–H and O–H groups in total. The highest BCUT2D eigenvalue weighted by atomic mass is 35.5. The van der Waals surface area contributed by atoms with E-state index in [9.17, 15) is 18.0 Å². The van der Waals surface area contributed by atoms with Crippen molar-refractivity contribution in [2.75, 3.05) is 18.4 Å². The maximum Gasteiger partial charge on any atom is 0.339 e. The lowest BCUT2D eigenvalue weighted by Crippen LogP contribution is -2.16. The van der Waals surface area contributed by atoms with E-state index in [0.717, 1.165) is 0 Å². The molecule has 0 heterocycles. The van der Waals surface area contributed by atoms with Crippen LogP contribution in [0.2, 0.25) is 5.02 Å². The van der Waals surface area contributed by atoms with Gasteiger partial charge in [-0.1, -0.05) is 23.7 Å². The van der Waals surface area contributed by atoms with Crippen LogP contribution in [0.5, 0.6) is 0 Å². The molecule has 0 atom stereocenters. The van der Waals surface area contributed by atoms with Crippen molar-refractivity contribution in [3.05, 3.63) is 64.2 Å². The maximum atomic E-state index is 12.4. The van der Waals surface area contributed by atoms with Gasteiger partial charge in [0.1, 0.15) is 0 Å². The molecule has 0 aliphatic rings. The second kappa shape index (κ2) is 8.88. The summed E-state index contributed by atoms with van der Waals surface area (Å²) in [5, 5.41) is 0.162. The molecule has 0 amide bonds. The molecule has 2 rings (SSSR count). The van der Waals surface area contributed by atoms with Crippen LogP contribution >= 0.6 is 11.6 Å². The zero-order chi connectivity index (χ0) is 20.0. The topological polar surface area (TPSA) is 98.8 Å². The monoisotopic (exact) mass is 411 g/mol. The number of methoxy groups -OCH3 is 1. The van der Waals surface area contributed by atoms with Crippen LogP contribution in [0, 0.1) is 0 Å². The summed E-state index contributed by atoms with van der Waals surface area (Å²) in [6, 6.07) is 10.2. The molecular weight excluding hydrogens is 394 g/mol. The van der Waals surface area contributed by atoms with Crippen molar-refractivity contribution in [1.82, 2.24) is 0 Å². The van der Waals surface area contributed by atoms with Crippen molar-refractivity contribution >= 4 is 39.3 Å². The molecule has 2 aromatic carbocycles. The molecule has 2 aromatic rings. The fourth-order valence-corrected chi connectivity index (χ4v) is 3.63. The van der Waals surface area contributed by atoms with Crippen LogP contribution < -0.4 is 4.72 Å². The molecule has 9 heteroatoms. The third-order valence-corrected chi connectivity index (χ3v) is 5.06.